The smallest absolute Gasteiger partial charge is 0.407 e. The summed E-state index contributed by atoms with van der Waals surface area (Å²) in [7, 11) is -3.85. The maximum Gasteiger partial charge on any atom is 0.407 e. The standard InChI is InChI=1S/C24H27N3O7S/c25-35(32,33)24(11-12-24)14-26-22(30)20(9-10-21(28)29)27-23(31)34-13-19-17-7-3-1-5-15(17)16-6-2-4-8-18(16)19/h1-8,19-20H,9-14H2,(H,26,30)(H,27,31)(H,28,29)(H2,25,32,33). The molecule has 1 saturated carbocycles. The Labute approximate surface area is 202 Å². The monoisotopic (exact) mass is 501 g/mol. The van der Waals surface area contributed by atoms with E-state index in [0.717, 1.165) is 22.3 Å². The lowest BCUT2D eigenvalue weighted by Gasteiger charge is -2.21. The number of hydrogen-bond donors (Lipinski definition) is 4. The molecule has 0 aromatic heterocycles. The molecule has 10 nitrogen and oxygen atoms in total. The summed E-state index contributed by atoms with van der Waals surface area (Å²) in [6, 6.07) is 14.5. The van der Waals surface area contributed by atoms with Crippen molar-refractivity contribution >= 4 is 28.0 Å². The van der Waals surface area contributed by atoms with Crippen molar-refractivity contribution in [3.8, 4) is 11.1 Å². The first-order valence-corrected chi connectivity index (χ1v) is 12.8. The van der Waals surface area contributed by atoms with Crippen LogP contribution in [-0.2, 0) is 24.3 Å². The summed E-state index contributed by atoms with van der Waals surface area (Å²) in [5, 5.41) is 19.2. The fourth-order valence-electron chi connectivity index (χ4n) is 4.39. The minimum atomic E-state index is -3.85. The van der Waals surface area contributed by atoms with Gasteiger partial charge in [0.05, 0.1) is 0 Å². The highest BCUT2D eigenvalue weighted by Gasteiger charge is 2.53. The number of nitrogens with one attached hydrogen (secondary N) is 2. The number of primary sulfonamides is 1. The summed E-state index contributed by atoms with van der Waals surface area (Å²) < 4.78 is 27.7. The number of carbonyl (C=O) groups excluding carboxylic acids is 2. The van der Waals surface area contributed by atoms with Crippen molar-refractivity contribution in [1.29, 1.82) is 0 Å². The summed E-state index contributed by atoms with van der Waals surface area (Å²) in [5.41, 5.74) is 4.19. The molecule has 0 saturated heterocycles. The first kappa shape index (κ1) is 24.7. The molecule has 2 aliphatic carbocycles. The molecule has 4 rings (SSSR count). The third kappa shape index (κ3) is 5.30. The van der Waals surface area contributed by atoms with Gasteiger partial charge in [-0.1, -0.05) is 48.5 Å². The van der Waals surface area contributed by atoms with Gasteiger partial charge in [-0.05, 0) is 41.5 Å². The second-order valence-electron chi connectivity index (χ2n) is 8.90. The number of amides is 2. The molecule has 35 heavy (non-hydrogen) atoms. The summed E-state index contributed by atoms with van der Waals surface area (Å²) in [5.74, 6) is -2.01. The van der Waals surface area contributed by atoms with E-state index >= 15 is 0 Å². The van der Waals surface area contributed by atoms with Crippen molar-refractivity contribution in [2.75, 3.05) is 13.2 Å². The van der Waals surface area contributed by atoms with Crippen LogP contribution in [0.25, 0.3) is 11.1 Å². The predicted octanol–water partition coefficient (Wildman–Crippen LogP) is 1.70. The van der Waals surface area contributed by atoms with Gasteiger partial charge in [0.1, 0.15) is 17.4 Å². The number of ether oxygens (including phenoxy) is 1. The lowest BCUT2D eigenvalue weighted by Crippen LogP contribution is -2.50. The molecule has 1 atom stereocenters. The summed E-state index contributed by atoms with van der Waals surface area (Å²) in [6.45, 7) is -0.178. The van der Waals surface area contributed by atoms with Crippen molar-refractivity contribution in [2.24, 2.45) is 5.14 Å². The molecule has 0 radical (unpaired) electrons. The number of nitrogens with two attached hydrogens (primary N) is 1. The Balaban J connectivity index is 1.39. The maximum atomic E-state index is 12.7. The van der Waals surface area contributed by atoms with Crippen LogP contribution in [0.3, 0.4) is 0 Å². The van der Waals surface area contributed by atoms with Gasteiger partial charge in [0.2, 0.25) is 15.9 Å². The van der Waals surface area contributed by atoms with Crippen molar-refractivity contribution in [3.63, 3.8) is 0 Å². The Morgan fingerprint density at radius 3 is 2.14 bits per heavy atom. The van der Waals surface area contributed by atoms with E-state index in [1.807, 2.05) is 48.5 Å². The van der Waals surface area contributed by atoms with Gasteiger partial charge in [-0.2, -0.15) is 0 Å². The molecular weight excluding hydrogens is 474 g/mol. The molecule has 2 aromatic rings. The van der Waals surface area contributed by atoms with Gasteiger partial charge in [-0.3, -0.25) is 9.59 Å². The highest BCUT2D eigenvalue weighted by molar-refractivity contribution is 7.90. The van der Waals surface area contributed by atoms with Gasteiger partial charge in [0.25, 0.3) is 0 Å². The minimum Gasteiger partial charge on any atom is -0.481 e. The van der Waals surface area contributed by atoms with Crippen LogP contribution in [-0.4, -0.2) is 55.4 Å². The van der Waals surface area contributed by atoms with Crippen LogP contribution in [0.5, 0.6) is 0 Å². The molecule has 0 aliphatic heterocycles. The fourth-order valence-corrected chi connectivity index (χ4v) is 5.34. The van der Waals surface area contributed by atoms with Crippen LogP contribution in [0.2, 0.25) is 0 Å². The van der Waals surface area contributed by atoms with E-state index in [1.165, 1.54) is 0 Å². The average Bonchev–Trinajstić information content (AvgIpc) is 3.56. The Kier molecular flexibility index (Phi) is 6.82. The average molecular weight is 502 g/mol. The van der Waals surface area contributed by atoms with Crippen molar-refractivity contribution in [1.82, 2.24) is 10.6 Å². The van der Waals surface area contributed by atoms with Gasteiger partial charge in [-0.15, -0.1) is 0 Å². The SMILES string of the molecule is NS(=O)(=O)C1(CNC(=O)C(CCC(=O)O)NC(=O)OCC2c3ccccc3-c3ccccc32)CC1. The molecule has 0 bridgehead atoms. The Morgan fingerprint density at radius 1 is 1.06 bits per heavy atom. The first-order chi connectivity index (χ1) is 16.6. The molecular formula is C24H27N3O7S. The lowest BCUT2D eigenvalue weighted by molar-refractivity contribution is -0.137. The second kappa shape index (κ2) is 9.67. The van der Waals surface area contributed by atoms with Crippen LogP contribution < -0.4 is 15.8 Å². The molecule has 2 aromatic carbocycles. The third-order valence-corrected chi connectivity index (χ3v) is 8.35. The van der Waals surface area contributed by atoms with Crippen LogP contribution in [0.4, 0.5) is 4.79 Å². The Bertz CT molecular complexity index is 1210. The zero-order valence-corrected chi connectivity index (χ0v) is 19.7. The van der Waals surface area contributed by atoms with E-state index in [-0.39, 0.29) is 31.9 Å². The molecule has 11 heteroatoms. The number of carboxylic acids is 1. The van der Waals surface area contributed by atoms with E-state index in [0.29, 0.717) is 12.8 Å². The number of carbonyl (C=O) groups is 3. The van der Waals surface area contributed by atoms with Gasteiger partial charge < -0.3 is 20.5 Å². The number of alkyl carbamates (subject to hydrolysis) is 1. The summed E-state index contributed by atoms with van der Waals surface area (Å²) in [4.78, 5) is 36.3. The largest absolute Gasteiger partial charge is 0.481 e. The van der Waals surface area contributed by atoms with Crippen LogP contribution in [0.1, 0.15) is 42.7 Å². The van der Waals surface area contributed by atoms with E-state index in [4.69, 9.17) is 15.0 Å². The van der Waals surface area contributed by atoms with E-state index in [2.05, 4.69) is 10.6 Å². The predicted molar refractivity (Wildman–Crippen MR) is 127 cm³/mol. The normalized spacial score (nSPS) is 16.5. The van der Waals surface area contributed by atoms with Crippen LogP contribution in [0, 0.1) is 0 Å². The molecule has 1 unspecified atom stereocenters. The third-order valence-electron chi connectivity index (χ3n) is 6.60. The highest BCUT2D eigenvalue weighted by Crippen LogP contribution is 2.44. The maximum absolute atomic E-state index is 12.7. The van der Waals surface area contributed by atoms with Gasteiger partial charge in [0.15, 0.2) is 0 Å². The van der Waals surface area contributed by atoms with Crippen LogP contribution in [0.15, 0.2) is 48.5 Å². The Hall–Kier alpha value is -3.44. The number of aliphatic carboxylic acids is 1. The number of sulfonamides is 1. The molecule has 1 fully saturated rings. The molecule has 2 amide bonds. The molecule has 2 aliphatic rings. The highest BCUT2D eigenvalue weighted by atomic mass is 32.2. The van der Waals surface area contributed by atoms with E-state index in [9.17, 15) is 22.8 Å². The quantitative estimate of drug-likeness (QED) is 0.385. The summed E-state index contributed by atoms with van der Waals surface area (Å²) >= 11 is 0. The molecule has 0 spiro atoms. The summed E-state index contributed by atoms with van der Waals surface area (Å²) in [6.07, 6.45) is -0.780. The van der Waals surface area contributed by atoms with Crippen molar-refractivity contribution in [2.45, 2.75) is 42.4 Å². The Morgan fingerprint density at radius 2 is 1.63 bits per heavy atom. The number of hydrogen-bond acceptors (Lipinski definition) is 6. The molecule has 186 valence electrons. The van der Waals surface area contributed by atoms with Crippen molar-refractivity contribution < 1.29 is 32.6 Å². The molecule has 0 heterocycles. The lowest BCUT2D eigenvalue weighted by atomic mass is 9.98. The number of carboxylic acid groups (broad SMARTS) is 1. The zero-order valence-electron chi connectivity index (χ0n) is 18.9. The number of fused-ring (bicyclic) bond motifs is 3. The number of benzene rings is 2. The van der Waals surface area contributed by atoms with Gasteiger partial charge in [-0.25, -0.2) is 18.4 Å². The zero-order chi connectivity index (χ0) is 25.2. The van der Waals surface area contributed by atoms with Crippen molar-refractivity contribution in [3.05, 3.63) is 59.7 Å². The first-order valence-electron chi connectivity index (χ1n) is 11.2. The van der Waals surface area contributed by atoms with Crippen LogP contribution >= 0.6 is 0 Å². The topological polar surface area (TPSA) is 165 Å². The molecule has 5 N–H and O–H groups in total. The second-order valence-corrected chi connectivity index (χ2v) is 10.9. The minimum absolute atomic E-state index is 0.0294. The van der Waals surface area contributed by atoms with E-state index < -0.39 is 38.8 Å². The van der Waals surface area contributed by atoms with Gasteiger partial charge >= 0.3 is 12.1 Å². The van der Waals surface area contributed by atoms with E-state index in [1.54, 1.807) is 0 Å². The number of rotatable bonds is 10. The fraction of sp³-hybridized carbons (Fsp3) is 0.375. The van der Waals surface area contributed by atoms with Gasteiger partial charge in [0, 0.05) is 18.9 Å².